The molecule has 0 amide bonds. The third kappa shape index (κ3) is 2.65. The second-order valence-corrected chi connectivity index (χ2v) is 6.38. The van der Waals surface area contributed by atoms with Gasteiger partial charge in [0.1, 0.15) is 11.5 Å². The highest BCUT2D eigenvalue weighted by Crippen LogP contribution is 2.40. The molecule has 2 heteroatoms. The Labute approximate surface area is 138 Å². The number of phenols is 2. The Balaban J connectivity index is 2.73. The Morgan fingerprint density at radius 1 is 0.783 bits per heavy atom. The van der Waals surface area contributed by atoms with Crippen LogP contribution in [0, 0.1) is 13.8 Å². The first-order chi connectivity index (χ1) is 10.8. The van der Waals surface area contributed by atoms with E-state index in [9.17, 15) is 10.2 Å². The number of benzene rings is 2. The Morgan fingerprint density at radius 3 is 1.43 bits per heavy atom. The van der Waals surface area contributed by atoms with Crippen LogP contribution in [-0.4, -0.2) is 10.2 Å². The van der Waals surface area contributed by atoms with Crippen LogP contribution in [0.4, 0.5) is 0 Å². The minimum absolute atomic E-state index is 0.242. The molecule has 0 radical (unpaired) electrons. The van der Waals surface area contributed by atoms with E-state index in [2.05, 4.69) is 27.0 Å². The predicted molar refractivity (Wildman–Crippen MR) is 98.0 cm³/mol. The van der Waals surface area contributed by atoms with E-state index in [-0.39, 0.29) is 16.9 Å². The van der Waals surface area contributed by atoms with E-state index in [1.54, 1.807) is 24.3 Å². The van der Waals surface area contributed by atoms with Crippen LogP contribution in [-0.2, 0) is 5.41 Å². The first-order valence-electron chi connectivity index (χ1n) is 7.66. The monoisotopic (exact) mass is 308 g/mol. The van der Waals surface area contributed by atoms with Crippen molar-refractivity contribution in [1.29, 1.82) is 0 Å². The summed E-state index contributed by atoms with van der Waals surface area (Å²) >= 11 is 0. The molecule has 0 atom stereocenters. The van der Waals surface area contributed by atoms with Crippen LogP contribution in [0.1, 0.15) is 47.2 Å². The van der Waals surface area contributed by atoms with Gasteiger partial charge < -0.3 is 10.2 Å². The number of rotatable bonds is 4. The number of hydrogen-bond acceptors (Lipinski definition) is 2. The molecule has 23 heavy (non-hydrogen) atoms. The minimum Gasteiger partial charge on any atom is -0.507 e. The SMILES string of the molecule is C=Cc1c(O)ccc(C(C)(C)c2ccc(O)c(C=C)c2C)c1C. The van der Waals surface area contributed by atoms with Gasteiger partial charge in [0.15, 0.2) is 0 Å². The summed E-state index contributed by atoms with van der Waals surface area (Å²) in [5.74, 6) is 0.484. The molecule has 120 valence electrons. The summed E-state index contributed by atoms with van der Waals surface area (Å²) in [6.45, 7) is 15.9. The van der Waals surface area contributed by atoms with Crippen LogP contribution >= 0.6 is 0 Å². The summed E-state index contributed by atoms with van der Waals surface area (Å²) in [6, 6.07) is 7.34. The Morgan fingerprint density at radius 2 is 1.13 bits per heavy atom. The molecule has 2 aromatic rings. The summed E-state index contributed by atoms with van der Waals surface area (Å²) in [7, 11) is 0. The highest BCUT2D eigenvalue weighted by atomic mass is 16.3. The topological polar surface area (TPSA) is 40.5 Å². The normalized spacial score (nSPS) is 11.3. The van der Waals surface area contributed by atoms with E-state index in [1.165, 1.54) is 0 Å². The lowest BCUT2D eigenvalue weighted by molar-refractivity contribution is 0.471. The molecule has 2 rings (SSSR count). The molecule has 0 aromatic heterocycles. The zero-order valence-corrected chi connectivity index (χ0v) is 14.3. The fourth-order valence-corrected chi connectivity index (χ4v) is 3.44. The maximum atomic E-state index is 10.0. The van der Waals surface area contributed by atoms with Crippen molar-refractivity contribution in [1.82, 2.24) is 0 Å². The lowest BCUT2D eigenvalue weighted by Gasteiger charge is -2.31. The number of aromatic hydroxyl groups is 2. The van der Waals surface area contributed by atoms with Gasteiger partial charge in [-0.25, -0.2) is 0 Å². The average molecular weight is 308 g/mol. The van der Waals surface area contributed by atoms with Gasteiger partial charge in [-0.1, -0.05) is 51.3 Å². The van der Waals surface area contributed by atoms with Crippen LogP contribution in [0.15, 0.2) is 37.4 Å². The van der Waals surface area contributed by atoms with Crippen molar-refractivity contribution in [3.05, 3.63) is 70.8 Å². The molecule has 2 N–H and O–H groups in total. The van der Waals surface area contributed by atoms with Crippen LogP contribution in [0.2, 0.25) is 0 Å². The van der Waals surface area contributed by atoms with E-state index in [4.69, 9.17) is 0 Å². The van der Waals surface area contributed by atoms with E-state index in [1.807, 2.05) is 26.0 Å². The molecule has 0 aliphatic heterocycles. The van der Waals surface area contributed by atoms with E-state index < -0.39 is 0 Å². The third-order valence-electron chi connectivity index (χ3n) is 4.74. The second kappa shape index (κ2) is 5.96. The fraction of sp³-hybridized carbons (Fsp3) is 0.238. The molecule has 0 unspecified atom stereocenters. The Hall–Kier alpha value is -2.48. The fourth-order valence-electron chi connectivity index (χ4n) is 3.44. The quantitative estimate of drug-likeness (QED) is 0.801. The molecule has 0 aliphatic carbocycles. The lowest BCUT2D eigenvalue weighted by Crippen LogP contribution is -2.22. The maximum absolute atomic E-state index is 10.0. The Kier molecular flexibility index (Phi) is 4.37. The predicted octanol–water partition coefficient (Wildman–Crippen LogP) is 5.33. The number of hydrogen-bond donors (Lipinski definition) is 2. The van der Waals surface area contributed by atoms with Gasteiger partial charge in [-0.3, -0.25) is 0 Å². The zero-order chi connectivity index (χ0) is 17.4. The second-order valence-electron chi connectivity index (χ2n) is 6.38. The van der Waals surface area contributed by atoms with Crippen LogP contribution < -0.4 is 0 Å². The van der Waals surface area contributed by atoms with Gasteiger partial charge in [-0.2, -0.15) is 0 Å². The summed E-state index contributed by atoms with van der Waals surface area (Å²) in [4.78, 5) is 0. The standard InChI is InChI=1S/C21H24O2/c1-7-15-13(3)17(9-11-19(15)22)21(5,6)18-10-12-20(23)16(8-2)14(18)4/h7-12,22-23H,1-2H2,3-6H3. The molecular weight excluding hydrogens is 284 g/mol. The van der Waals surface area contributed by atoms with Crippen LogP contribution in [0.5, 0.6) is 11.5 Å². The summed E-state index contributed by atoms with van der Waals surface area (Å²) in [6.07, 6.45) is 3.37. The van der Waals surface area contributed by atoms with Crippen molar-refractivity contribution < 1.29 is 10.2 Å². The van der Waals surface area contributed by atoms with Crippen molar-refractivity contribution in [3.63, 3.8) is 0 Å². The molecule has 2 nitrogen and oxygen atoms in total. The molecule has 0 bridgehead atoms. The Bertz CT molecular complexity index is 717. The van der Waals surface area contributed by atoms with Gasteiger partial charge in [0.25, 0.3) is 0 Å². The smallest absolute Gasteiger partial charge is 0.123 e. The lowest BCUT2D eigenvalue weighted by atomic mass is 9.73. The van der Waals surface area contributed by atoms with Gasteiger partial charge in [0.2, 0.25) is 0 Å². The van der Waals surface area contributed by atoms with E-state index in [0.717, 1.165) is 33.4 Å². The largest absolute Gasteiger partial charge is 0.507 e. The van der Waals surface area contributed by atoms with Crippen LogP contribution in [0.25, 0.3) is 12.2 Å². The van der Waals surface area contributed by atoms with Crippen molar-refractivity contribution in [2.45, 2.75) is 33.1 Å². The summed E-state index contributed by atoms with van der Waals surface area (Å²) in [5.41, 5.74) is 5.50. The van der Waals surface area contributed by atoms with Gasteiger partial charge in [-0.05, 0) is 48.2 Å². The highest BCUT2D eigenvalue weighted by molar-refractivity contribution is 5.66. The van der Waals surface area contributed by atoms with Gasteiger partial charge in [0, 0.05) is 16.5 Å². The van der Waals surface area contributed by atoms with E-state index in [0.29, 0.717) is 0 Å². The molecule has 2 aromatic carbocycles. The summed E-state index contributed by atoms with van der Waals surface area (Å²) < 4.78 is 0. The molecule has 0 saturated carbocycles. The first-order valence-corrected chi connectivity index (χ1v) is 7.66. The third-order valence-corrected chi connectivity index (χ3v) is 4.74. The maximum Gasteiger partial charge on any atom is 0.123 e. The first kappa shape index (κ1) is 16.9. The molecule has 0 fully saturated rings. The van der Waals surface area contributed by atoms with Crippen molar-refractivity contribution in [2.75, 3.05) is 0 Å². The van der Waals surface area contributed by atoms with Crippen molar-refractivity contribution >= 4 is 12.2 Å². The van der Waals surface area contributed by atoms with Gasteiger partial charge in [0.05, 0.1) is 0 Å². The van der Waals surface area contributed by atoms with Crippen molar-refractivity contribution in [3.8, 4) is 11.5 Å². The summed E-state index contributed by atoms with van der Waals surface area (Å²) in [5, 5.41) is 20.0. The number of phenolic OH excluding ortho intramolecular Hbond substituents is 2. The zero-order valence-electron chi connectivity index (χ0n) is 14.3. The van der Waals surface area contributed by atoms with Crippen molar-refractivity contribution in [2.24, 2.45) is 0 Å². The van der Waals surface area contributed by atoms with Gasteiger partial charge in [-0.15, -0.1) is 0 Å². The highest BCUT2D eigenvalue weighted by Gasteiger charge is 2.28. The molecule has 0 spiro atoms. The minimum atomic E-state index is -0.287. The van der Waals surface area contributed by atoms with Gasteiger partial charge >= 0.3 is 0 Å². The molecule has 0 saturated heterocycles. The molecular formula is C21H24O2. The van der Waals surface area contributed by atoms with Crippen LogP contribution in [0.3, 0.4) is 0 Å². The molecule has 0 heterocycles. The molecule has 0 aliphatic rings. The van der Waals surface area contributed by atoms with E-state index >= 15 is 0 Å². The average Bonchev–Trinajstić information content (AvgIpc) is 2.47.